The second kappa shape index (κ2) is 8.50. The van der Waals surface area contributed by atoms with Crippen molar-refractivity contribution < 1.29 is 13.2 Å². The Labute approximate surface area is 178 Å². The van der Waals surface area contributed by atoms with Crippen molar-refractivity contribution in [2.24, 2.45) is 0 Å². The van der Waals surface area contributed by atoms with Gasteiger partial charge in [-0.25, -0.2) is 17.4 Å². The molecule has 0 unspecified atom stereocenters. The van der Waals surface area contributed by atoms with Gasteiger partial charge in [0, 0.05) is 30.7 Å². The summed E-state index contributed by atoms with van der Waals surface area (Å²) in [7, 11) is -0.761. The van der Waals surface area contributed by atoms with Gasteiger partial charge in [0.15, 0.2) is 0 Å². The standard InChI is InChI=1S/C20H22N4O4S2/c1-13-5-7-15(11-18(13)30(27,28)23(3)4)21-19(25)12-24-20(26)10-8-16(22-24)17-9-6-14(2)29-17/h5-11H,12H2,1-4H3,(H,21,25). The van der Waals surface area contributed by atoms with Gasteiger partial charge in [0.1, 0.15) is 12.2 Å². The predicted molar refractivity (Wildman–Crippen MR) is 117 cm³/mol. The lowest BCUT2D eigenvalue weighted by Crippen LogP contribution is -2.29. The van der Waals surface area contributed by atoms with Gasteiger partial charge in [-0.1, -0.05) is 6.07 Å². The summed E-state index contributed by atoms with van der Waals surface area (Å²) >= 11 is 1.55. The largest absolute Gasteiger partial charge is 0.324 e. The summed E-state index contributed by atoms with van der Waals surface area (Å²) in [5.74, 6) is -0.485. The van der Waals surface area contributed by atoms with Crippen LogP contribution < -0.4 is 10.9 Å². The fourth-order valence-corrected chi connectivity index (χ4v) is 4.73. The minimum absolute atomic E-state index is 0.107. The van der Waals surface area contributed by atoms with E-state index < -0.39 is 21.5 Å². The van der Waals surface area contributed by atoms with E-state index in [4.69, 9.17) is 0 Å². The molecule has 0 radical (unpaired) electrons. The Morgan fingerprint density at radius 2 is 1.87 bits per heavy atom. The van der Waals surface area contributed by atoms with Gasteiger partial charge >= 0.3 is 0 Å². The minimum atomic E-state index is -3.65. The summed E-state index contributed by atoms with van der Waals surface area (Å²) in [6, 6.07) is 11.5. The first kappa shape index (κ1) is 21.9. The van der Waals surface area contributed by atoms with Crippen LogP contribution in [0.3, 0.4) is 0 Å². The van der Waals surface area contributed by atoms with Gasteiger partial charge < -0.3 is 5.32 Å². The number of thiophene rings is 1. The van der Waals surface area contributed by atoms with Crippen LogP contribution in [0.1, 0.15) is 10.4 Å². The van der Waals surface area contributed by atoms with Crippen LogP contribution in [0.2, 0.25) is 0 Å². The van der Waals surface area contributed by atoms with Crippen molar-refractivity contribution in [3.05, 3.63) is 63.3 Å². The number of nitrogens with zero attached hydrogens (tertiary/aromatic N) is 3. The van der Waals surface area contributed by atoms with Crippen molar-refractivity contribution in [2.75, 3.05) is 19.4 Å². The van der Waals surface area contributed by atoms with Crippen LogP contribution in [-0.4, -0.2) is 42.5 Å². The number of aryl methyl sites for hydroxylation is 2. The molecule has 158 valence electrons. The summed E-state index contributed by atoms with van der Waals surface area (Å²) in [5.41, 5.74) is 1.10. The molecule has 2 heterocycles. The quantitative estimate of drug-likeness (QED) is 0.627. The van der Waals surface area contributed by atoms with Gasteiger partial charge in [-0.05, 0) is 49.7 Å². The molecule has 0 aliphatic carbocycles. The molecule has 0 aliphatic rings. The van der Waals surface area contributed by atoms with Gasteiger partial charge in [0.2, 0.25) is 15.9 Å². The highest BCUT2D eigenvalue weighted by Crippen LogP contribution is 2.25. The number of nitrogens with one attached hydrogen (secondary N) is 1. The van der Waals surface area contributed by atoms with Crippen molar-refractivity contribution in [1.29, 1.82) is 0 Å². The zero-order chi connectivity index (χ0) is 22.1. The predicted octanol–water partition coefficient (Wildman–Crippen LogP) is 2.48. The molecule has 1 amide bonds. The van der Waals surface area contributed by atoms with E-state index in [1.54, 1.807) is 36.5 Å². The van der Waals surface area contributed by atoms with E-state index in [9.17, 15) is 18.0 Å². The molecular formula is C20H22N4O4S2. The zero-order valence-corrected chi connectivity index (χ0v) is 18.7. The number of sulfonamides is 1. The molecule has 0 bridgehead atoms. The Morgan fingerprint density at radius 1 is 1.13 bits per heavy atom. The summed E-state index contributed by atoms with van der Waals surface area (Å²) in [4.78, 5) is 26.8. The Morgan fingerprint density at radius 3 is 2.50 bits per heavy atom. The highest BCUT2D eigenvalue weighted by Gasteiger charge is 2.20. The highest BCUT2D eigenvalue weighted by molar-refractivity contribution is 7.89. The molecule has 0 atom stereocenters. The maximum absolute atomic E-state index is 12.5. The van der Waals surface area contributed by atoms with E-state index in [-0.39, 0.29) is 11.4 Å². The number of amides is 1. The van der Waals surface area contributed by atoms with Crippen LogP contribution in [0.25, 0.3) is 10.6 Å². The molecule has 0 saturated carbocycles. The molecule has 3 rings (SSSR count). The lowest BCUT2D eigenvalue weighted by molar-refractivity contribution is -0.117. The average molecular weight is 447 g/mol. The van der Waals surface area contributed by atoms with E-state index in [2.05, 4.69) is 10.4 Å². The zero-order valence-electron chi connectivity index (χ0n) is 17.0. The maximum Gasteiger partial charge on any atom is 0.267 e. The van der Waals surface area contributed by atoms with Gasteiger partial charge in [0.05, 0.1) is 9.77 Å². The van der Waals surface area contributed by atoms with Gasteiger partial charge in [-0.2, -0.15) is 5.10 Å². The summed E-state index contributed by atoms with van der Waals surface area (Å²) in [6.45, 7) is 3.37. The Bertz CT molecular complexity index is 1260. The number of carbonyl (C=O) groups excluding carboxylic acids is 1. The number of benzene rings is 1. The molecule has 10 heteroatoms. The smallest absolute Gasteiger partial charge is 0.267 e. The second-order valence-electron chi connectivity index (χ2n) is 6.94. The molecule has 0 saturated heterocycles. The van der Waals surface area contributed by atoms with Crippen molar-refractivity contribution in [3.8, 4) is 10.6 Å². The monoisotopic (exact) mass is 446 g/mol. The van der Waals surface area contributed by atoms with Crippen molar-refractivity contribution in [1.82, 2.24) is 14.1 Å². The number of carbonyl (C=O) groups is 1. The summed E-state index contributed by atoms with van der Waals surface area (Å²) in [6.07, 6.45) is 0. The normalized spacial score (nSPS) is 11.6. The number of anilines is 1. The van der Waals surface area contributed by atoms with E-state index in [1.807, 2.05) is 19.1 Å². The summed E-state index contributed by atoms with van der Waals surface area (Å²) < 4.78 is 27.1. The fourth-order valence-electron chi connectivity index (χ4n) is 2.75. The number of hydrogen-bond donors (Lipinski definition) is 1. The van der Waals surface area contributed by atoms with Crippen LogP contribution in [0.5, 0.6) is 0 Å². The SMILES string of the molecule is Cc1ccc(-c2ccc(=O)n(CC(=O)Nc3ccc(C)c(S(=O)(=O)N(C)C)c3)n2)s1. The molecule has 1 aromatic carbocycles. The molecule has 0 spiro atoms. The molecule has 2 aromatic heterocycles. The number of aromatic nitrogens is 2. The van der Waals surface area contributed by atoms with E-state index >= 15 is 0 Å². The van der Waals surface area contributed by atoms with Crippen molar-refractivity contribution >= 4 is 33.0 Å². The van der Waals surface area contributed by atoms with Crippen LogP contribution >= 0.6 is 11.3 Å². The third-order valence-electron chi connectivity index (χ3n) is 4.38. The number of hydrogen-bond acceptors (Lipinski definition) is 6. The second-order valence-corrected chi connectivity index (χ2v) is 10.3. The molecule has 3 aromatic rings. The number of rotatable bonds is 6. The first-order valence-corrected chi connectivity index (χ1v) is 11.3. The van der Waals surface area contributed by atoms with Crippen LogP contribution in [0.15, 0.2) is 52.2 Å². The molecule has 30 heavy (non-hydrogen) atoms. The van der Waals surface area contributed by atoms with Crippen molar-refractivity contribution in [2.45, 2.75) is 25.3 Å². The highest BCUT2D eigenvalue weighted by atomic mass is 32.2. The minimum Gasteiger partial charge on any atom is -0.324 e. The third-order valence-corrected chi connectivity index (χ3v) is 7.36. The molecular weight excluding hydrogens is 424 g/mol. The Kier molecular flexibility index (Phi) is 6.20. The molecule has 0 fully saturated rings. The average Bonchev–Trinajstić information content (AvgIpc) is 3.11. The van der Waals surface area contributed by atoms with Gasteiger partial charge in [-0.15, -0.1) is 11.3 Å². The topological polar surface area (TPSA) is 101 Å². The first-order chi connectivity index (χ1) is 14.1. The van der Waals surface area contributed by atoms with Crippen LogP contribution in [-0.2, 0) is 21.4 Å². The molecule has 8 nitrogen and oxygen atoms in total. The van der Waals surface area contributed by atoms with Crippen LogP contribution in [0.4, 0.5) is 5.69 Å². The van der Waals surface area contributed by atoms with Crippen molar-refractivity contribution in [3.63, 3.8) is 0 Å². The van der Waals surface area contributed by atoms with Crippen LogP contribution in [0, 0.1) is 13.8 Å². The molecule has 0 aliphatic heterocycles. The van der Waals surface area contributed by atoms with E-state index in [0.717, 1.165) is 18.7 Å². The lowest BCUT2D eigenvalue weighted by Gasteiger charge is -2.15. The van der Waals surface area contributed by atoms with E-state index in [1.165, 1.54) is 26.2 Å². The Hall–Kier alpha value is -2.82. The van der Waals surface area contributed by atoms with Gasteiger partial charge in [0.25, 0.3) is 5.56 Å². The van der Waals surface area contributed by atoms with E-state index in [0.29, 0.717) is 16.9 Å². The lowest BCUT2D eigenvalue weighted by atomic mass is 10.2. The maximum atomic E-state index is 12.5. The molecule has 1 N–H and O–H groups in total. The van der Waals surface area contributed by atoms with Gasteiger partial charge in [-0.3, -0.25) is 9.59 Å². The summed E-state index contributed by atoms with van der Waals surface area (Å²) in [5, 5.41) is 6.92. The third kappa shape index (κ3) is 4.66. The first-order valence-electron chi connectivity index (χ1n) is 9.06. The fraction of sp³-hybridized carbons (Fsp3) is 0.250. The Balaban J connectivity index is 1.82.